The Morgan fingerprint density at radius 2 is 1.72 bits per heavy atom. The lowest BCUT2D eigenvalue weighted by Gasteiger charge is -2.11. The van der Waals surface area contributed by atoms with Gasteiger partial charge in [0.25, 0.3) is 0 Å². The zero-order valence-electron chi connectivity index (χ0n) is 13.3. The van der Waals surface area contributed by atoms with E-state index in [1.54, 1.807) is 28.8 Å². The molecule has 0 amide bonds. The molecule has 0 radical (unpaired) electrons. The van der Waals surface area contributed by atoms with Crippen molar-refractivity contribution < 1.29 is 13.2 Å². The van der Waals surface area contributed by atoms with Crippen LogP contribution in [0.3, 0.4) is 0 Å². The summed E-state index contributed by atoms with van der Waals surface area (Å²) in [5.41, 5.74) is 1.82. The number of methoxy groups -OCH3 is 1. The van der Waals surface area contributed by atoms with E-state index in [0.29, 0.717) is 22.8 Å². The predicted octanol–water partition coefficient (Wildman–Crippen LogP) is 3.65. The van der Waals surface area contributed by atoms with Gasteiger partial charge in [-0.2, -0.15) is 0 Å². The minimum absolute atomic E-state index is 0.218. The van der Waals surface area contributed by atoms with Gasteiger partial charge >= 0.3 is 0 Å². The Labute approximate surface area is 154 Å². The highest BCUT2D eigenvalue weighted by atomic mass is 35.5. The molecule has 0 atom stereocenters. The SMILES string of the molecule is COc1ccc(-c2c(Cl)ncn2-c2ccc(S(C)(=O)=O)cc2)c(Cl)n1. The summed E-state index contributed by atoms with van der Waals surface area (Å²) in [6.07, 6.45) is 2.69. The van der Waals surface area contributed by atoms with E-state index in [9.17, 15) is 8.42 Å². The van der Waals surface area contributed by atoms with Gasteiger partial charge in [0, 0.05) is 23.6 Å². The minimum Gasteiger partial charge on any atom is -0.481 e. The molecule has 2 aromatic heterocycles. The molecule has 2 heterocycles. The molecule has 3 aromatic rings. The van der Waals surface area contributed by atoms with Crippen molar-refractivity contribution in [2.45, 2.75) is 4.90 Å². The van der Waals surface area contributed by atoms with Crippen molar-refractivity contribution in [3.63, 3.8) is 0 Å². The number of rotatable bonds is 4. The number of nitrogens with zero attached hydrogens (tertiary/aromatic N) is 3. The first kappa shape index (κ1) is 17.7. The molecule has 0 aliphatic carbocycles. The van der Waals surface area contributed by atoms with Crippen LogP contribution in [0.25, 0.3) is 16.9 Å². The van der Waals surface area contributed by atoms with Gasteiger partial charge in [0.2, 0.25) is 5.88 Å². The average molecular weight is 398 g/mol. The van der Waals surface area contributed by atoms with E-state index < -0.39 is 9.84 Å². The van der Waals surface area contributed by atoms with E-state index >= 15 is 0 Å². The number of aromatic nitrogens is 3. The van der Waals surface area contributed by atoms with E-state index in [1.807, 2.05) is 0 Å². The number of benzene rings is 1. The number of pyridine rings is 1. The third kappa shape index (κ3) is 3.49. The maximum atomic E-state index is 11.6. The molecule has 0 unspecified atom stereocenters. The standard InChI is InChI=1S/C16H13Cl2N3O3S/c1-24-13-8-7-12(15(17)20-13)14-16(18)19-9-21(14)10-3-5-11(6-4-10)25(2,22)23/h3-9H,1-2H3. The molecule has 0 N–H and O–H groups in total. The first-order chi connectivity index (χ1) is 11.8. The van der Waals surface area contributed by atoms with Gasteiger partial charge in [0.15, 0.2) is 15.0 Å². The van der Waals surface area contributed by atoms with Gasteiger partial charge in [-0.1, -0.05) is 23.2 Å². The van der Waals surface area contributed by atoms with Crippen LogP contribution in [0, 0.1) is 0 Å². The van der Waals surface area contributed by atoms with Crippen molar-refractivity contribution in [2.75, 3.05) is 13.4 Å². The lowest BCUT2D eigenvalue weighted by atomic mass is 10.2. The summed E-state index contributed by atoms with van der Waals surface area (Å²) >= 11 is 12.5. The molecule has 0 saturated heterocycles. The zero-order chi connectivity index (χ0) is 18.2. The van der Waals surface area contributed by atoms with Crippen LogP contribution < -0.4 is 4.74 Å². The van der Waals surface area contributed by atoms with Crippen LogP contribution >= 0.6 is 23.2 Å². The maximum absolute atomic E-state index is 11.6. The molecular weight excluding hydrogens is 385 g/mol. The number of hydrogen-bond donors (Lipinski definition) is 0. The smallest absolute Gasteiger partial charge is 0.214 e. The number of imidazole rings is 1. The highest BCUT2D eigenvalue weighted by Crippen LogP contribution is 2.34. The first-order valence-corrected chi connectivity index (χ1v) is 9.70. The van der Waals surface area contributed by atoms with Gasteiger partial charge in [-0.3, -0.25) is 4.57 Å². The van der Waals surface area contributed by atoms with Crippen molar-refractivity contribution in [1.82, 2.24) is 14.5 Å². The summed E-state index contributed by atoms with van der Waals surface area (Å²) in [5, 5.41) is 0.469. The van der Waals surface area contributed by atoms with Crippen LogP contribution in [0.1, 0.15) is 0 Å². The Kier molecular flexibility index (Phi) is 4.73. The molecular formula is C16H13Cl2N3O3S. The third-order valence-electron chi connectivity index (χ3n) is 3.55. The van der Waals surface area contributed by atoms with Gasteiger partial charge in [0.1, 0.15) is 11.5 Å². The Balaban J connectivity index is 2.12. The van der Waals surface area contributed by atoms with E-state index in [-0.39, 0.29) is 15.2 Å². The van der Waals surface area contributed by atoms with Crippen molar-refractivity contribution in [2.24, 2.45) is 0 Å². The van der Waals surface area contributed by atoms with Crippen molar-refractivity contribution in [3.8, 4) is 22.8 Å². The summed E-state index contributed by atoms with van der Waals surface area (Å²) in [4.78, 5) is 8.48. The third-order valence-corrected chi connectivity index (χ3v) is 5.25. The fourth-order valence-electron chi connectivity index (χ4n) is 2.33. The molecule has 130 valence electrons. The van der Waals surface area contributed by atoms with Gasteiger partial charge < -0.3 is 4.74 Å². The molecule has 0 aliphatic heterocycles. The molecule has 25 heavy (non-hydrogen) atoms. The van der Waals surface area contributed by atoms with Gasteiger partial charge in [-0.15, -0.1) is 0 Å². The Bertz CT molecular complexity index is 1030. The van der Waals surface area contributed by atoms with Crippen LogP contribution in [-0.4, -0.2) is 36.3 Å². The minimum atomic E-state index is -3.27. The fraction of sp³-hybridized carbons (Fsp3) is 0.125. The molecule has 3 rings (SSSR count). The van der Waals surface area contributed by atoms with Crippen LogP contribution in [-0.2, 0) is 9.84 Å². The lowest BCUT2D eigenvalue weighted by Crippen LogP contribution is -2.00. The molecule has 0 spiro atoms. The van der Waals surface area contributed by atoms with Crippen LogP contribution in [0.2, 0.25) is 10.3 Å². The first-order valence-electron chi connectivity index (χ1n) is 7.05. The maximum Gasteiger partial charge on any atom is 0.214 e. The summed E-state index contributed by atoms with van der Waals surface area (Å²) in [6, 6.07) is 9.79. The molecule has 0 bridgehead atoms. The van der Waals surface area contributed by atoms with E-state index in [1.165, 1.54) is 25.6 Å². The zero-order valence-corrected chi connectivity index (χ0v) is 15.6. The highest BCUT2D eigenvalue weighted by Gasteiger charge is 2.17. The number of ether oxygens (including phenoxy) is 1. The van der Waals surface area contributed by atoms with Gasteiger partial charge in [0.05, 0.1) is 17.7 Å². The predicted molar refractivity (Wildman–Crippen MR) is 96.5 cm³/mol. The largest absolute Gasteiger partial charge is 0.481 e. The van der Waals surface area contributed by atoms with Crippen molar-refractivity contribution in [1.29, 1.82) is 0 Å². The van der Waals surface area contributed by atoms with E-state index in [2.05, 4.69) is 9.97 Å². The quantitative estimate of drug-likeness (QED) is 0.628. The second kappa shape index (κ2) is 6.67. The molecule has 9 heteroatoms. The molecule has 0 aliphatic rings. The Morgan fingerprint density at radius 1 is 1.04 bits per heavy atom. The second-order valence-electron chi connectivity index (χ2n) is 5.21. The lowest BCUT2D eigenvalue weighted by molar-refractivity contribution is 0.398. The van der Waals surface area contributed by atoms with Crippen LogP contribution in [0.15, 0.2) is 47.6 Å². The van der Waals surface area contributed by atoms with Crippen LogP contribution in [0.4, 0.5) is 0 Å². The Hall–Kier alpha value is -2.09. The molecule has 6 nitrogen and oxygen atoms in total. The summed E-state index contributed by atoms with van der Waals surface area (Å²) in [7, 11) is -1.77. The van der Waals surface area contributed by atoms with Crippen LogP contribution in [0.5, 0.6) is 5.88 Å². The van der Waals surface area contributed by atoms with E-state index in [0.717, 1.165) is 6.26 Å². The fourth-order valence-corrected chi connectivity index (χ4v) is 3.43. The topological polar surface area (TPSA) is 74.1 Å². The number of halogens is 2. The monoisotopic (exact) mass is 397 g/mol. The molecule has 0 fully saturated rings. The summed E-state index contributed by atoms with van der Waals surface area (Å²) in [6.45, 7) is 0. The van der Waals surface area contributed by atoms with E-state index in [4.69, 9.17) is 27.9 Å². The van der Waals surface area contributed by atoms with Gasteiger partial charge in [-0.05, 0) is 30.3 Å². The molecule has 1 aromatic carbocycles. The number of sulfone groups is 1. The summed E-state index contributed by atoms with van der Waals surface area (Å²) < 4.78 is 30.0. The Morgan fingerprint density at radius 3 is 2.28 bits per heavy atom. The summed E-state index contributed by atoms with van der Waals surface area (Å²) in [5.74, 6) is 0.383. The second-order valence-corrected chi connectivity index (χ2v) is 7.94. The normalized spacial score (nSPS) is 11.5. The van der Waals surface area contributed by atoms with Crippen molar-refractivity contribution >= 4 is 33.0 Å². The van der Waals surface area contributed by atoms with Gasteiger partial charge in [-0.25, -0.2) is 18.4 Å². The number of hydrogen-bond acceptors (Lipinski definition) is 5. The molecule has 0 saturated carbocycles. The highest BCUT2D eigenvalue weighted by molar-refractivity contribution is 7.90. The van der Waals surface area contributed by atoms with Crippen molar-refractivity contribution in [3.05, 3.63) is 53.0 Å². The average Bonchev–Trinajstić information content (AvgIpc) is 2.95.